The fraction of sp³-hybridized carbons (Fsp3) is 0.333. The van der Waals surface area contributed by atoms with Gasteiger partial charge in [-0.15, -0.1) is 0 Å². The van der Waals surface area contributed by atoms with Crippen molar-refractivity contribution in [1.29, 1.82) is 0 Å². The van der Waals surface area contributed by atoms with E-state index >= 15 is 0 Å². The van der Waals surface area contributed by atoms with Gasteiger partial charge in [0.15, 0.2) is 0 Å². The number of benzene rings is 2. The predicted octanol–water partition coefficient (Wildman–Crippen LogP) is 4.14. The largest absolute Gasteiger partial charge is 0.378 e. The highest BCUT2D eigenvalue weighted by molar-refractivity contribution is 9.10. The first kappa shape index (κ1) is 20.3. The summed E-state index contributed by atoms with van der Waals surface area (Å²) in [7, 11) is 0. The summed E-state index contributed by atoms with van der Waals surface area (Å²) in [5.74, 6) is 1.61. The lowest BCUT2D eigenvalue weighted by atomic mass is 10.2. The van der Waals surface area contributed by atoms with Gasteiger partial charge in [-0.25, -0.2) is 4.98 Å². The molecule has 4 rings (SSSR count). The number of para-hydroxylation sites is 2. The van der Waals surface area contributed by atoms with E-state index in [1.54, 1.807) is 11.8 Å². The molecule has 2 aromatic carbocycles. The van der Waals surface area contributed by atoms with Crippen molar-refractivity contribution in [3.8, 4) is 0 Å². The first-order valence-corrected chi connectivity index (χ1v) is 11.7. The summed E-state index contributed by atoms with van der Waals surface area (Å²) >= 11 is 5.22. The van der Waals surface area contributed by atoms with E-state index in [1.807, 2.05) is 53.3 Å². The fourth-order valence-corrected chi connectivity index (χ4v) is 4.40. The molecular formula is C21H23BrN4O2S. The minimum absolute atomic E-state index is 0.0666. The van der Waals surface area contributed by atoms with Gasteiger partial charge in [-0.05, 0) is 36.6 Å². The lowest BCUT2D eigenvalue weighted by Gasteiger charge is -2.30. The Morgan fingerprint density at radius 2 is 2.03 bits per heavy atom. The molecule has 29 heavy (non-hydrogen) atoms. The second-order valence-corrected chi connectivity index (χ2v) is 8.63. The quantitative estimate of drug-likeness (QED) is 0.581. The van der Waals surface area contributed by atoms with Crippen molar-refractivity contribution in [2.24, 2.45) is 0 Å². The number of rotatable bonds is 6. The van der Waals surface area contributed by atoms with Gasteiger partial charge in [0.05, 0.1) is 41.4 Å². The first-order valence-electron chi connectivity index (χ1n) is 9.51. The molecule has 2 heterocycles. The Hall–Kier alpha value is -2.03. The zero-order chi connectivity index (χ0) is 20.2. The van der Waals surface area contributed by atoms with Crippen LogP contribution >= 0.6 is 27.7 Å². The third-order valence-electron chi connectivity index (χ3n) is 4.89. The second kappa shape index (κ2) is 9.19. The average Bonchev–Trinajstić information content (AvgIpc) is 3.06. The van der Waals surface area contributed by atoms with Crippen LogP contribution in [-0.4, -0.2) is 48.0 Å². The number of amides is 1. The van der Waals surface area contributed by atoms with Crippen LogP contribution in [0.2, 0.25) is 0 Å². The molecule has 1 aliphatic rings. The first-order chi connectivity index (χ1) is 14.2. The molecule has 3 aromatic rings. The highest BCUT2D eigenvalue weighted by atomic mass is 79.9. The number of nitrogens with one attached hydrogen (secondary N) is 1. The molecule has 1 fully saturated rings. The van der Waals surface area contributed by atoms with E-state index in [-0.39, 0.29) is 12.5 Å². The van der Waals surface area contributed by atoms with E-state index in [0.29, 0.717) is 13.2 Å². The number of thioether (sulfide) groups is 1. The number of carbonyl (C=O) groups is 1. The van der Waals surface area contributed by atoms with Crippen molar-refractivity contribution in [3.05, 3.63) is 52.8 Å². The number of aromatic nitrogens is 2. The third kappa shape index (κ3) is 4.60. The Kier molecular flexibility index (Phi) is 6.42. The number of nitrogens with zero attached hydrogens (tertiary/aromatic N) is 3. The number of halogens is 1. The molecule has 1 aromatic heterocycles. The van der Waals surface area contributed by atoms with Crippen LogP contribution in [0.4, 0.5) is 11.4 Å². The van der Waals surface area contributed by atoms with Gasteiger partial charge in [0, 0.05) is 17.6 Å². The Balaban J connectivity index is 1.59. The molecule has 0 aliphatic carbocycles. The molecule has 1 N–H and O–H groups in total. The minimum Gasteiger partial charge on any atom is -0.378 e. The molecule has 1 saturated heterocycles. The number of anilines is 2. The van der Waals surface area contributed by atoms with E-state index < -0.39 is 0 Å². The van der Waals surface area contributed by atoms with E-state index in [2.05, 4.69) is 26.1 Å². The third-order valence-corrected chi connectivity index (χ3v) is 5.93. The normalized spacial score (nSPS) is 14.3. The summed E-state index contributed by atoms with van der Waals surface area (Å²) in [6, 6.07) is 13.9. The lowest BCUT2D eigenvalue weighted by molar-refractivity contribution is -0.116. The second-order valence-electron chi connectivity index (χ2n) is 6.84. The van der Waals surface area contributed by atoms with Crippen LogP contribution < -0.4 is 10.2 Å². The van der Waals surface area contributed by atoms with Crippen LogP contribution in [0.5, 0.6) is 0 Å². The SMILES string of the molecule is CSCc1nc2ccccc2n1CC(=O)Nc1cc(Br)ccc1N1CCOCC1. The summed E-state index contributed by atoms with van der Waals surface area (Å²) < 4.78 is 8.40. The topological polar surface area (TPSA) is 59.4 Å². The summed E-state index contributed by atoms with van der Waals surface area (Å²) in [4.78, 5) is 19.9. The minimum atomic E-state index is -0.0666. The zero-order valence-corrected chi connectivity index (χ0v) is 18.6. The molecule has 0 spiro atoms. The summed E-state index contributed by atoms with van der Waals surface area (Å²) in [6.45, 7) is 3.25. The maximum Gasteiger partial charge on any atom is 0.244 e. The van der Waals surface area contributed by atoms with Gasteiger partial charge in [0.25, 0.3) is 0 Å². The van der Waals surface area contributed by atoms with Crippen molar-refractivity contribution in [2.45, 2.75) is 12.3 Å². The molecule has 152 valence electrons. The van der Waals surface area contributed by atoms with E-state index in [4.69, 9.17) is 9.72 Å². The van der Waals surface area contributed by atoms with Gasteiger partial charge in [0.1, 0.15) is 12.4 Å². The van der Waals surface area contributed by atoms with Crippen molar-refractivity contribution < 1.29 is 9.53 Å². The van der Waals surface area contributed by atoms with E-state index in [1.165, 1.54) is 0 Å². The summed E-state index contributed by atoms with van der Waals surface area (Å²) in [5.41, 5.74) is 3.72. The highest BCUT2D eigenvalue weighted by Crippen LogP contribution is 2.30. The van der Waals surface area contributed by atoms with Gasteiger partial charge in [-0.2, -0.15) is 11.8 Å². The van der Waals surface area contributed by atoms with Crippen molar-refractivity contribution in [1.82, 2.24) is 9.55 Å². The van der Waals surface area contributed by atoms with Gasteiger partial charge < -0.3 is 19.5 Å². The smallest absolute Gasteiger partial charge is 0.244 e. The Bertz CT molecular complexity index is 1020. The maximum atomic E-state index is 13.0. The lowest BCUT2D eigenvalue weighted by Crippen LogP contribution is -2.36. The Morgan fingerprint density at radius 3 is 2.83 bits per heavy atom. The molecule has 0 atom stereocenters. The highest BCUT2D eigenvalue weighted by Gasteiger charge is 2.18. The zero-order valence-electron chi connectivity index (χ0n) is 16.2. The van der Waals surface area contributed by atoms with Crippen LogP contribution in [0.15, 0.2) is 46.9 Å². The summed E-state index contributed by atoms with van der Waals surface area (Å²) in [5, 5.41) is 3.11. The van der Waals surface area contributed by atoms with Crippen LogP contribution in [0.1, 0.15) is 5.82 Å². The maximum absolute atomic E-state index is 13.0. The monoisotopic (exact) mass is 474 g/mol. The number of imidazole rings is 1. The van der Waals surface area contributed by atoms with Crippen LogP contribution in [0, 0.1) is 0 Å². The molecule has 8 heteroatoms. The number of hydrogen-bond donors (Lipinski definition) is 1. The van der Waals surface area contributed by atoms with Gasteiger partial charge >= 0.3 is 0 Å². The molecule has 6 nitrogen and oxygen atoms in total. The standard InChI is InChI=1S/C21H23BrN4O2S/c1-29-14-20-23-16-4-2-3-5-19(16)26(20)13-21(27)24-17-12-15(22)6-7-18(17)25-8-10-28-11-9-25/h2-7,12H,8-11,13-14H2,1H3,(H,24,27). The van der Waals surface area contributed by atoms with Crippen LogP contribution in [0.3, 0.4) is 0 Å². The molecule has 0 saturated carbocycles. The molecule has 1 aliphatic heterocycles. The molecule has 0 unspecified atom stereocenters. The molecule has 0 radical (unpaired) electrons. The van der Waals surface area contributed by atoms with Crippen LogP contribution in [-0.2, 0) is 21.8 Å². The Labute approximate surface area is 182 Å². The number of fused-ring (bicyclic) bond motifs is 1. The average molecular weight is 475 g/mol. The van der Waals surface area contributed by atoms with Gasteiger partial charge in [-0.1, -0.05) is 28.1 Å². The molecular weight excluding hydrogens is 452 g/mol. The van der Waals surface area contributed by atoms with Crippen molar-refractivity contribution in [2.75, 3.05) is 42.8 Å². The number of carbonyl (C=O) groups excluding carboxylic acids is 1. The number of morpholine rings is 1. The van der Waals surface area contributed by atoms with E-state index in [9.17, 15) is 4.79 Å². The fourth-order valence-electron chi connectivity index (χ4n) is 3.56. The van der Waals surface area contributed by atoms with Crippen LogP contribution in [0.25, 0.3) is 11.0 Å². The number of hydrogen-bond acceptors (Lipinski definition) is 5. The van der Waals surface area contributed by atoms with E-state index in [0.717, 1.165) is 51.5 Å². The van der Waals surface area contributed by atoms with Gasteiger partial charge in [-0.3, -0.25) is 4.79 Å². The Morgan fingerprint density at radius 1 is 1.24 bits per heavy atom. The molecule has 0 bridgehead atoms. The van der Waals surface area contributed by atoms with Gasteiger partial charge in [0.2, 0.25) is 5.91 Å². The predicted molar refractivity (Wildman–Crippen MR) is 123 cm³/mol. The van der Waals surface area contributed by atoms with Crippen molar-refractivity contribution >= 4 is 56.0 Å². The van der Waals surface area contributed by atoms with Crippen molar-refractivity contribution in [3.63, 3.8) is 0 Å². The molecule has 1 amide bonds. The summed E-state index contributed by atoms with van der Waals surface area (Å²) in [6.07, 6.45) is 2.04. The number of ether oxygens (including phenoxy) is 1.